The van der Waals surface area contributed by atoms with E-state index in [9.17, 15) is 9.59 Å². The van der Waals surface area contributed by atoms with Gasteiger partial charge in [0, 0.05) is 17.9 Å². The van der Waals surface area contributed by atoms with Gasteiger partial charge in [-0.2, -0.15) is 0 Å². The molecule has 2 unspecified atom stereocenters. The smallest absolute Gasteiger partial charge is 0.246 e. The maximum absolute atomic E-state index is 12.5. The normalized spacial score (nSPS) is 60.5. The molecular weight excluding hydrogens is 254 g/mol. The Morgan fingerprint density at radius 2 is 1.45 bits per heavy atom. The van der Waals surface area contributed by atoms with Crippen LogP contribution in [0.2, 0.25) is 0 Å². The summed E-state index contributed by atoms with van der Waals surface area (Å²) in [7, 11) is 1.63. The Morgan fingerprint density at radius 1 is 0.950 bits per heavy atom. The van der Waals surface area contributed by atoms with Crippen LogP contribution in [0.15, 0.2) is 21.7 Å². The second kappa shape index (κ2) is 2.11. The van der Waals surface area contributed by atoms with Gasteiger partial charge in [0.05, 0.1) is 12.1 Å². The summed E-state index contributed by atoms with van der Waals surface area (Å²) >= 11 is 0. The number of hydrogen-bond acceptors (Lipinski definition) is 2. The summed E-state index contributed by atoms with van der Waals surface area (Å²) in [6.07, 6.45) is 6.92. The minimum absolute atomic E-state index is 0.0841. The first-order valence-corrected chi connectivity index (χ1v) is 7.73. The zero-order valence-corrected chi connectivity index (χ0v) is 11.2. The maximum Gasteiger partial charge on any atom is 0.347 e. The minimum Gasteiger partial charge on any atom is -0.246 e. The molecule has 2 bridgehead atoms. The lowest BCUT2D eigenvalue weighted by Crippen LogP contribution is -2.53. The van der Waals surface area contributed by atoms with E-state index in [4.69, 9.17) is 0 Å². The summed E-state index contributed by atoms with van der Waals surface area (Å²) in [4.78, 5) is 25.0. The van der Waals surface area contributed by atoms with Gasteiger partial charge in [-0.15, -0.1) is 0 Å². The van der Waals surface area contributed by atoms with Crippen LogP contribution in [0.1, 0.15) is 24.9 Å². The van der Waals surface area contributed by atoms with Gasteiger partial charge >= 0.3 is 11.4 Å². The summed E-state index contributed by atoms with van der Waals surface area (Å²) in [5.74, 6) is 3.03. The van der Waals surface area contributed by atoms with E-state index >= 15 is 0 Å². The molecule has 1 aromatic rings. The van der Waals surface area contributed by atoms with Gasteiger partial charge in [-0.25, -0.2) is 23.5 Å². The van der Waals surface area contributed by atoms with Crippen LogP contribution < -0.4 is 11.4 Å². The number of rotatable bonds is 0. The molecular formula is C15H15N3O2. The molecule has 8 rings (SSSR count). The fraction of sp³-hybridized carbons (Fsp3) is 0.733. The molecule has 4 fully saturated rings. The highest BCUT2D eigenvalue weighted by molar-refractivity contribution is 5.50. The Kier molecular flexibility index (Phi) is 0.992. The van der Waals surface area contributed by atoms with E-state index in [-0.39, 0.29) is 11.4 Å². The van der Waals surface area contributed by atoms with Crippen LogP contribution >= 0.6 is 0 Å². The van der Waals surface area contributed by atoms with Crippen LogP contribution in [0.3, 0.4) is 0 Å². The van der Waals surface area contributed by atoms with Crippen molar-refractivity contribution in [1.82, 2.24) is 13.9 Å². The molecule has 7 aliphatic rings. The van der Waals surface area contributed by atoms with Gasteiger partial charge in [0.1, 0.15) is 0 Å². The van der Waals surface area contributed by atoms with Crippen molar-refractivity contribution in [1.29, 1.82) is 0 Å². The van der Waals surface area contributed by atoms with Crippen LogP contribution in [0.4, 0.5) is 0 Å². The zero-order valence-electron chi connectivity index (χ0n) is 11.2. The SMILES string of the molecule is Cn1c(=O)n2n(c1=O)[C@H]1[C@H]3C4C5[C@@]6(CC=CC[C@@]516)[C@@H]2[C@@H]43. The van der Waals surface area contributed by atoms with Crippen molar-refractivity contribution in [3.63, 3.8) is 0 Å². The lowest BCUT2D eigenvalue weighted by Gasteiger charge is -2.49. The molecule has 3 heterocycles. The van der Waals surface area contributed by atoms with E-state index in [1.807, 2.05) is 9.36 Å². The highest BCUT2D eigenvalue weighted by Crippen LogP contribution is 3.04. The first-order chi connectivity index (χ1) is 9.68. The Balaban J connectivity index is 1.69. The molecule has 102 valence electrons. The second-order valence-electron chi connectivity index (χ2n) is 7.87. The fourth-order valence-electron chi connectivity index (χ4n) is 7.92. The van der Waals surface area contributed by atoms with Gasteiger partial charge in [-0.3, -0.25) is 0 Å². The van der Waals surface area contributed by atoms with Crippen molar-refractivity contribution < 1.29 is 0 Å². The Bertz CT molecular complexity index is 820. The summed E-state index contributed by atoms with van der Waals surface area (Å²) in [5.41, 5.74) is 0.515. The lowest BCUT2D eigenvalue weighted by molar-refractivity contribution is -0.00147. The number of nitrogens with zero attached hydrogens (tertiary/aromatic N) is 3. The van der Waals surface area contributed by atoms with E-state index in [1.54, 1.807) is 7.05 Å². The van der Waals surface area contributed by atoms with Gasteiger partial charge < -0.3 is 0 Å². The largest absolute Gasteiger partial charge is 0.347 e. The van der Waals surface area contributed by atoms with Crippen LogP contribution in [0.5, 0.6) is 0 Å². The van der Waals surface area contributed by atoms with Crippen LogP contribution in [0.25, 0.3) is 0 Å². The molecule has 20 heavy (non-hydrogen) atoms. The molecule has 0 radical (unpaired) electrons. The van der Waals surface area contributed by atoms with E-state index in [1.165, 1.54) is 4.57 Å². The number of allylic oxidation sites excluding steroid dienone is 2. The zero-order chi connectivity index (χ0) is 13.2. The molecule has 4 saturated carbocycles. The summed E-state index contributed by atoms with van der Waals surface area (Å²) < 4.78 is 5.06. The second-order valence-corrected chi connectivity index (χ2v) is 7.87. The van der Waals surface area contributed by atoms with Crippen molar-refractivity contribution in [3.8, 4) is 0 Å². The molecule has 2 spiro atoms. The maximum atomic E-state index is 12.5. The number of aromatic nitrogens is 3. The average molecular weight is 269 g/mol. The fourth-order valence-corrected chi connectivity index (χ4v) is 7.92. The summed E-state index contributed by atoms with van der Waals surface area (Å²) in [6.45, 7) is 0. The van der Waals surface area contributed by atoms with Crippen LogP contribution in [0, 0.1) is 34.5 Å². The molecule has 0 N–H and O–H groups in total. The van der Waals surface area contributed by atoms with Crippen molar-refractivity contribution >= 4 is 0 Å². The van der Waals surface area contributed by atoms with Gasteiger partial charge in [-0.1, -0.05) is 12.2 Å². The van der Waals surface area contributed by atoms with Crippen molar-refractivity contribution in [2.24, 2.45) is 41.5 Å². The average Bonchev–Trinajstić information content (AvgIpc) is 3.24. The summed E-state index contributed by atoms with van der Waals surface area (Å²) in [6, 6.07) is 0.637. The molecule has 0 aromatic carbocycles. The highest BCUT2D eigenvalue weighted by atomic mass is 16.2. The molecule has 5 heteroatoms. The third kappa shape index (κ3) is 0.504. The van der Waals surface area contributed by atoms with Crippen LogP contribution in [-0.4, -0.2) is 13.9 Å². The topological polar surface area (TPSA) is 48.9 Å². The van der Waals surface area contributed by atoms with E-state index in [2.05, 4.69) is 12.2 Å². The third-order valence-corrected chi connectivity index (χ3v) is 8.06. The molecule has 0 amide bonds. The van der Waals surface area contributed by atoms with Gasteiger partial charge in [0.15, 0.2) is 0 Å². The first-order valence-electron chi connectivity index (χ1n) is 7.73. The molecule has 5 aliphatic carbocycles. The monoisotopic (exact) mass is 269 g/mol. The van der Waals surface area contributed by atoms with Gasteiger partial charge in [0.2, 0.25) is 0 Å². The Labute approximate surface area is 114 Å². The molecule has 0 saturated heterocycles. The third-order valence-electron chi connectivity index (χ3n) is 8.06. The van der Waals surface area contributed by atoms with E-state index in [0.29, 0.717) is 34.7 Å². The van der Waals surface area contributed by atoms with E-state index in [0.717, 1.165) is 24.7 Å². The Hall–Kier alpha value is -1.52. The quantitative estimate of drug-likeness (QED) is 0.635. The molecule has 2 aliphatic heterocycles. The standard InChI is InChI=1S/C15H15N3O2/c1-16-12(19)17-10-7-6-8(7)11(18(17)13(16)20)15-5-3-2-4-14(10,15)9(6)15/h2-3,6-11H,4-5H2,1H3/t6?,7-,8-,9?,10-,11-,14-,15+/m0/s1. The number of hydrogen-bond donors (Lipinski definition) is 0. The predicted molar refractivity (Wildman–Crippen MR) is 69.2 cm³/mol. The van der Waals surface area contributed by atoms with Gasteiger partial charge in [0.25, 0.3) is 0 Å². The van der Waals surface area contributed by atoms with Crippen LogP contribution in [-0.2, 0) is 7.05 Å². The minimum atomic E-state index is -0.0841. The molecule has 5 nitrogen and oxygen atoms in total. The molecule has 1 aromatic heterocycles. The van der Waals surface area contributed by atoms with Gasteiger partial charge in [-0.05, 0) is 36.5 Å². The first kappa shape index (κ1) is 9.42. The van der Waals surface area contributed by atoms with Crippen molar-refractivity contribution in [3.05, 3.63) is 33.1 Å². The van der Waals surface area contributed by atoms with Crippen molar-refractivity contribution in [2.45, 2.75) is 24.9 Å². The van der Waals surface area contributed by atoms with Crippen molar-refractivity contribution in [2.75, 3.05) is 0 Å². The molecule has 8 atom stereocenters. The Morgan fingerprint density at radius 3 is 1.95 bits per heavy atom. The van der Waals surface area contributed by atoms with E-state index < -0.39 is 0 Å². The lowest BCUT2D eigenvalue weighted by atomic mass is 9.67. The predicted octanol–water partition coefficient (Wildman–Crippen LogP) is 0.286. The summed E-state index contributed by atoms with van der Waals surface area (Å²) in [5, 5.41) is 0. The highest BCUT2D eigenvalue weighted by Gasteiger charge is 3.02.